The Morgan fingerprint density at radius 3 is 1.85 bits per heavy atom. The third-order valence-corrected chi connectivity index (χ3v) is 2.60. The number of hydrogen-bond donors (Lipinski definition) is 1. The molecule has 0 bridgehead atoms. The van der Waals surface area contributed by atoms with E-state index in [9.17, 15) is 22.0 Å². The topological polar surface area (TPSA) is 21.3 Å². The lowest BCUT2D eigenvalue weighted by atomic mass is 10.1. The molecule has 0 aliphatic rings. The maximum atomic E-state index is 13.3. The highest BCUT2D eigenvalue weighted by Gasteiger charge is 2.25. The fourth-order valence-electron chi connectivity index (χ4n) is 1.43. The van der Waals surface area contributed by atoms with Crippen LogP contribution in [0.15, 0.2) is 0 Å². The van der Waals surface area contributed by atoms with Gasteiger partial charge in [0, 0.05) is 13.2 Å². The number of ether oxygens (including phenoxy) is 1. The monoisotopic (exact) mass is 297 g/mol. The van der Waals surface area contributed by atoms with Gasteiger partial charge < -0.3 is 10.1 Å². The molecule has 0 radical (unpaired) electrons. The molecular weight excluding hydrogens is 281 g/mol. The lowest BCUT2D eigenvalue weighted by molar-refractivity contribution is 0.132. The molecule has 0 fully saturated rings. The van der Waals surface area contributed by atoms with Crippen LogP contribution in [0.2, 0.25) is 0 Å². The first-order valence-electron chi connectivity index (χ1n) is 6.19. The number of anilines is 1. The van der Waals surface area contributed by atoms with Crippen molar-refractivity contribution in [2.24, 2.45) is 5.92 Å². The molecule has 1 rings (SSSR count). The van der Waals surface area contributed by atoms with Crippen LogP contribution in [0.25, 0.3) is 0 Å². The van der Waals surface area contributed by atoms with E-state index in [1.54, 1.807) is 0 Å². The van der Waals surface area contributed by atoms with Gasteiger partial charge in [-0.1, -0.05) is 13.8 Å². The molecule has 0 unspecified atom stereocenters. The average Bonchev–Trinajstić information content (AvgIpc) is 2.41. The Hall–Kier alpha value is -1.37. The molecule has 2 nitrogen and oxygen atoms in total. The number of hydrogen-bond acceptors (Lipinski definition) is 2. The van der Waals surface area contributed by atoms with Crippen LogP contribution in [0.1, 0.15) is 20.3 Å². The van der Waals surface area contributed by atoms with Crippen LogP contribution in [-0.2, 0) is 4.74 Å². The standard InChI is InChI=1S/C13H16F5NO/c1-7(2)3-5-20-6-4-19-13-11(17)9(15)8(14)10(16)12(13)18/h7,19H,3-6H2,1-2H3. The maximum Gasteiger partial charge on any atom is 0.200 e. The first-order chi connectivity index (χ1) is 9.36. The summed E-state index contributed by atoms with van der Waals surface area (Å²) in [5, 5.41) is 2.16. The summed E-state index contributed by atoms with van der Waals surface area (Å²) >= 11 is 0. The van der Waals surface area contributed by atoms with Gasteiger partial charge in [-0.3, -0.25) is 0 Å². The molecule has 0 saturated heterocycles. The normalized spacial score (nSPS) is 11.2. The second-order valence-corrected chi connectivity index (χ2v) is 4.67. The summed E-state index contributed by atoms with van der Waals surface area (Å²) in [6.07, 6.45) is 0.822. The minimum atomic E-state index is -2.17. The Kier molecular flexibility index (Phi) is 6.19. The van der Waals surface area contributed by atoms with E-state index < -0.39 is 34.8 Å². The zero-order valence-corrected chi connectivity index (χ0v) is 11.2. The summed E-state index contributed by atoms with van der Waals surface area (Å²) in [6.45, 7) is 4.53. The van der Waals surface area contributed by atoms with Crippen molar-refractivity contribution < 1.29 is 26.7 Å². The third-order valence-electron chi connectivity index (χ3n) is 2.60. The molecule has 0 aliphatic carbocycles. The predicted octanol–water partition coefficient (Wildman–Crippen LogP) is 3.86. The summed E-state index contributed by atoms with van der Waals surface area (Å²) in [7, 11) is 0. The fourth-order valence-corrected chi connectivity index (χ4v) is 1.43. The Bertz CT molecular complexity index is 436. The summed E-state index contributed by atoms with van der Waals surface area (Å²) in [5.74, 6) is -9.39. The second kappa shape index (κ2) is 7.42. The molecule has 7 heteroatoms. The van der Waals surface area contributed by atoms with Gasteiger partial charge in [0.1, 0.15) is 5.69 Å². The van der Waals surface area contributed by atoms with Crippen LogP contribution in [-0.4, -0.2) is 19.8 Å². The van der Waals surface area contributed by atoms with E-state index in [1.165, 1.54) is 0 Å². The average molecular weight is 297 g/mol. The quantitative estimate of drug-likeness (QED) is 0.357. The fraction of sp³-hybridized carbons (Fsp3) is 0.538. The SMILES string of the molecule is CC(C)CCOCCNc1c(F)c(F)c(F)c(F)c1F. The van der Waals surface area contributed by atoms with E-state index in [0.29, 0.717) is 12.5 Å². The van der Waals surface area contributed by atoms with Gasteiger partial charge in [-0.05, 0) is 12.3 Å². The van der Waals surface area contributed by atoms with Crippen molar-refractivity contribution in [2.45, 2.75) is 20.3 Å². The van der Waals surface area contributed by atoms with Crippen molar-refractivity contribution in [2.75, 3.05) is 25.1 Å². The van der Waals surface area contributed by atoms with Gasteiger partial charge in [0.15, 0.2) is 23.3 Å². The van der Waals surface area contributed by atoms with Gasteiger partial charge in [-0.15, -0.1) is 0 Å². The Balaban J connectivity index is 2.57. The molecule has 0 atom stereocenters. The summed E-state index contributed by atoms with van der Waals surface area (Å²) < 4.78 is 70.2. The molecule has 0 spiro atoms. The van der Waals surface area contributed by atoms with Crippen molar-refractivity contribution in [3.05, 3.63) is 29.1 Å². The van der Waals surface area contributed by atoms with Crippen molar-refractivity contribution >= 4 is 5.69 Å². The molecule has 114 valence electrons. The van der Waals surface area contributed by atoms with E-state index in [1.807, 2.05) is 13.8 Å². The Morgan fingerprint density at radius 2 is 1.35 bits per heavy atom. The van der Waals surface area contributed by atoms with Gasteiger partial charge in [0.25, 0.3) is 0 Å². The molecule has 0 aliphatic heterocycles. The van der Waals surface area contributed by atoms with E-state index in [-0.39, 0.29) is 13.2 Å². The summed E-state index contributed by atoms with van der Waals surface area (Å²) in [6, 6.07) is 0. The largest absolute Gasteiger partial charge is 0.380 e. The summed E-state index contributed by atoms with van der Waals surface area (Å²) in [4.78, 5) is 0. The third kappa shape index (κ3) is 4.06. The van der Waals surface area contributed by atoms with Crippen molar-refractivity contribution in [1.29, 1.82) is 0 Å². The molecule has 1 aromatic rings. The Labute approximate surface area is 113 Å². The van der Waals surface area contributed by atoms with E-state index in [2.05, 4.69) is 5.32 Å². The molecule has 1 N–H and O–H groups in total. The van der Waals surface area contributed by atoms with Gasteiger partial charge in [-0.2, -0.15) is 0 Å². The van der Waals surface area contributed by atoms with Gasteiger partial charge in [-0.25, -0.2) is 22.0 Å². The zero-order chi connectivity index (χ0) is 15.3. The van der Waals surface area contributed by atoms with E-state index in [0.717, 1.165) is 6.42 Å². The number of halogens is 5. The lowest BCUT2D eigenvalue weighted by Gasteiger charge is -2.11. The predicted molar refractivity (Wildman–Crippen MR) is 65.0 cm³/mol. The van der Waals surface area contributed by atoms with Gasteiger partial charge >= 0.3 is 0 Å². The summed E-state index contributed by atoms with van der Waals surface area (Å²) in [5.41, 5.74) is -1.03. The van der Waals surface area contributed by atoms with E-state index in [4.69, 9.17) is 4.74 Å². The molecule has 1 aromatic carbocycles. The van der Waals surface area contributed by atoms with Crippen LogP contribution in [0.4, 0.5) is 27.6 Å². The maximum absolute atomic E-state index is 13.3. The molecule has 0 saturated carbocycles. The molecular formula is C13H16F5NO. The highest BCUT2D eigenvalue weighted by molar-refractivity contribution is 5.47. The first kappa shape index (κ1) is 16.7. The molecule has 0 heterocycles. The van der Waals surface area contributed by atoms with Crippen LogP contribution >= 0.6 is 0 Å². The van der Waals surface area contributed by atoms with Crippen LogP contribution in [0.3, 0.4) is 0 Å². The van der Waals surface area contributed by atoms with Gasteiger partial charge in [0.05, 0.1) is 6.61 Å². The molecule has 0 aromatic heterocycles. The van der Waals surface area contributed by atoms with Crippen LogP contribution in [0, 0.1) is 35.0 Å². The highest BCUT2D eigenvalue weighted by atomic mass is 19.2. The molecule has 0 amide bonds. The minimum Gasteiger partial charge on any atom is -0.380 e. The highest BCUT2D eigenvalue weighted by Crippen LogP contribution is 2.26. The van der Waals surface area contributed by atoms with Crippen molar-refractivity contribution in [3.63, 3.8) is 0 Å². The minimum absolute atomic E-state index is 0.0591. The number of rotatable bonds is 7. The lowest BCUT2D eigenvalue weighted by Crippen LogP contribution is -2.15. The van der Waals surface area contributed by atoms with E-state index >= 15 is 0 Å². The zero-order valence-electron chi connectivity index (χ0n) is 11.2. The molecule has 20 heavy (non-hydrogen) atoms. The van der Waals surface area contributed by atoms with Crippen LogP contribution in [0.5, 0.6) is 0 Å². The van der Waals surface area contributed by atoms with Crippen LogP contribution < -0.4 is 5.32 Å². The number of nitrogens with one attached hydrogen (secondary N) is 1. The van der Waals surface area contributed by atoms with Crippen molar-refractivity contribution in [1.82, 2.24) is 0 Å². The number of benzene rings is 1. The Morgan fingerprint density at radius 1 is 0.850 bits per heavy atom. The smallest absolute Gasteiger partial charge is 0.200 e. The second-order valence-electron chi connectivity index (χ2n) is 4.67. The van der Waals surface area contributed by atoms with Gasteiger partial charge in [0.2, 0.25) is 5.82 Å². The van der Waals surface area contributed by atoms with Crippen molar-refractivity contribution in [3.8, 4) is 0 Å². The first-order valence-corrected chi connectivity index (χ1v) is 6.19.